The zero-order chi connectivity index (χ0) is 22.5. The molecule has 4 rings (SSSR count). The van der Waals surface area contributed by atoms with E-state index in [0.29, 0.717) is 35.9 Å². The van der Waals surface area contributed by atoms with E-state index in [9.17, 15) is 9.59 Å². The standard InChI is InChI=1S/C23H23N3O5S/c1-29-20-5-3-15(9-21(20)30-2)7-8-24-22(27)11-26-18-10-16(17-13-32-14-25-17)4-6-19(18)31-12-23(26)28/h3-6,9-10,13-14H,7-8,11-12H2,1-2H3,(H,24,27). The van der Waals surface area contributed by atoms with Gasteiger partial charge in [0.2, 0.25) is 5.91 Å². The molecule has 1 aromatic heterocycles. The van der Waals surface area contributed by atoms with Gasteiger partial charge in [-0.1, -0.05) is 6.07 Å². The number of ether oxygens (including phenoxy) is 3. The number of nitrogens with zero attached hydrogens (tertiary/aromatic N) is 2. The molecule has 0 radical (unpaired) electrons. The topological polar surface area (TPSA) is 90.0 Å². The molecule has 2 aromatic carbocycles. The summed E-state index contributed by atoms with van der Waals surface area (Å²) < 4.78 is 16.1. The minimum Gasteiger partial charge on any atom is -0.493 e. The van der Waals surface area contributed by atoms with Crippen LogP contribution in [0.3, 0.4) is 0 Å². The van der Waals surface area contributed by atoms with Crippen LogP contribution in [0.4, 0.5) is 5.69 Å². The SMILES string of the molecule is COc1ccc(CCNC(=O)CN2C(=O)COc3ccc(-c4cscn4)cc32)cc1OC. The monoisotopic (exact) mass is 453 g/mol. The van der Waals surface area contributed by atoms with Crippen LogP contribution in [0.1, 0.15) is 5.56 Å². The number of carbonyl (C=O) groups is 2. The Kier molecular flexibility index (Phi) is 6.55. The van der Waals surface area contributed by atoms with Crippen LogP contribution >= 0.6 is 11.3 Å². The summed E-state index contributed by atoms with van der Waals surface area (Å²) in [6, 6.07) is 11.2. The molecule has 0 saturated carbocycles. The van der Waals surface area contributed by atoms with E-state index in [1.807, 2.05) is 35.7 Å². The van der Waals surface area contributed by atoms with Gasteiger partial charge in [0.15, 0.2) is 18.1 Å². The first-order valence-corrected chi connectivity index (χ1v) is 11.0. The van der Waals surface area contributed by atoms with Crippen LogP contribution in [0, 0.1) is 0 Å². The number of nitrogens with one attached hydrogen (secondary N) is 1. The highest BCUT2D eigenvalue weighted by Crippen LogP contribution is 2.36. The first-order valence-electron chi connectivity index (χ1n) is 10.0. The maximum absolute atomic E-state index is 12.6. The van der Waals surface area contributed by atoms with Crippen LogP contribution in [0.25, 0.3) is 11.3 Å². The average molecular weight is 454 g/mol. The number of thiazole rings is 1. The second-order valence-electron chi connectivity index (χ2n) is 7.11. The fraction of sp³-hybridized carbons (Fsp3) is 0.261. The summed E-state index contributed by atoms with van der Waals surface area (Å²) in [7, 11) is 3.17. The van der Waals surface area contributed by atoms with Gasteiger partial charge in [0.1, 0.15) is 12.3 Å². The van der Waals surface area contributed by atoms with Crippen molar-refractivity contribution >= 4 is 28.8 Å². The second-order valence-corrected chi connectivity index (χ2v) is 7.83. The highest BCUT2D eigenvalue weighted by molar-refractivity contribution is 7.07. The van der Waals surface area contributed by atoms with E-state index in [1.165, 1.54) is 16.2 Å². The van der Waals surface area contributed by atoms with E-state index in [-0.39, 0.29) is 25.0 Å². The summed E-state index contributed by atoms with van der Waals surface area (Å²) in [6.07, 6.45) is 0.619. The molecule has 166 valence electrons. The highest BCUT2D eigenvalue weighted by atomic mass is 32.1. The minimum absolute atomic E-state index is 0.0817. The highest BCUT2D eigenvalue weighted by Gasteiger charge is 2.27. The predicted octanol–water partition coefficient (Wildman–Crippen LogP) is 2.91. The first-order chi connectivity index (χ1) is 15.6. The molecule has 0 atom stereocenters. The molecule has 1 aliphatic heterocycles. The molecule has 2 amide bonds. The van der Waals surface area contributed by atoms with E-state index in [0.717, 1.165) is 16.8 Å². The minimum atomic E-state index is -0.261. The second kappa shape index (κ2) is 9.69. The number of methoxy groups -OCH3 is 2. The van der Waals surface area contributed by atoms with Gasteiger partial charge in [0.25, 0.3) is 5.91 Å². The number of aromatic nitrogens is 1. The van der Waals surface area contributed by atoms with Gasteiger partial charge in [-0.3, -0.25) is 14.5 Å². The lowest BCUT2D eigenvalue weighted by Crippen LogP contribution is -2.45. The van der Waals surface area contributed by atoms with Gasteiger partial charge in [-0.25, -0.2) is 4.98 Å². The van der Waals surface area contributed by atoms with Crippen molar-refractivity contribution in [1.82, 2.24) is 10.3 Å². The van der Waals surface area contributed by atoms with Crippen LogP contribution in [-0.4, -0.2) is 50.7 Å². The van der Waals surface area contributed by atoms with E-state index < -0.39 is 0 Å². The molecule has 0 aliphatic carbocycles. The Bertz CT molecular complexity index is 1120. The lowest BCUT2D eigenvalue weighted by molar-refractivity contribution is -0.125. The van der Waals surface area contributed by atoms with Crippen LogP contribution in [0.5, 0.6) is 17.2 Å². The van der Waals surface area contributed by atoms with Crippen molar-refractivity contribution in [2.45, 2.75) is 6.42 Å². The number of hydrogen-bond acceptors (Lipinski definition) is 7. The fourth-order valence-electron chi connectivity index (χ4n) is 3.47. The van der Waals surface area contributed by atoms with Crippen LogP contribution in [0.2, 0.25) is 0 Å². The van der Waals surface area contributed by atoms with Gasteiger partial charge in [-0.2, -0.15) is 0 Å². The maximum atomic E-state index is 12.6. The molecule has 3 aromatic rings. The molecule has 0 fully saturated rings. The molecule has 32 heavy (non-hydrogen) atoms. The number of rotatable bonds is 8. The normalized spacial score (nSPS) is 12.7. The Hall–Kier alpha value is -3.59. The van der Waals surface area contributed by atoms with Crippen molar-refractivity contribution in [2.75, 3.05) is 38.8 Å². The lowest BCUT2D eigenvalue weighted by atomic mass is 10.1. The van der Waals surface area contributed by atoms with Crippen molar-refractivity contribution in [3.05, 3.63) is 52.9 Å². The summed E-state index contributed by atoms with van der Waals surface area (Å²) in [4.78, 5) is 30.9. The molecule has 0 spiro atoms. The summed E-state index contributed by atoms with van der Waals surface area (Å²) in [5, 5.41) is 4.81. The lowest BCUT2D eigenvalue weighted by Gasteiger charge is -2.29. The Labute approximate surface area is 189 Å². The molecule has 2 heterocycles. The zero-order valence-corrected chi connectivity index (χ0v) is 18.6. The predicted molar refractivity (Wildman–Crippen MR) is 122 cm³/mol. The van der Waals surface area contributed by atoms with E-state index in [1.54, 1.807) is 25.8 Å². The quantitative estimate of drug-likeness (QED) is 0.564. The number of benzene rings is 2. The number of carbonyl (C=O) groups excluding carboxylic acids is 2. The summed E-state index contributed by atoms with van der Waals surface area (Å²) in [6.45, 7) is 0.252. The first kappa shape index (κ1) is 21.6. The largest absolute Gasteiger partial charge is 0.493 e. The van der Waals surface area contributed by atoms with Crippen molar-refractivity contribution in [3.63, 3.8) is 0 Å². The number of hydrogen-bond donors (Lipinski definition) is 1. The third-order valence-electron chi connectivity index (χ3n) is 5.12. The van der Waals surface area contributed by atoms with Crippen molar-refractivity contribution < 1.29 is 23.8 Å². The number of fused-ring (bicyclic) bond motifs is 1. The van der Waals surface area contributed by atoms with Crippen LogP contribution < -0.4 is 24.4 Å². The zero-order valence-electron chi connectivity index (χ0n) is 17.8. The average Bonchev–Trinajstić information content (AvgIpc) is 3.35. The van der Waals surface area contributed by atoms with Crippen LogP contribution in [0.15, 0.2) is 47.3 Å². The Morgan fingerprint density at radius 3 is 2.78 bits per heavy atom. The molecule has 1 aliphatic rings. The number of amides is 2. The Morgan fingerprint density at radius 1 is 1.19 bits per heavy atom. The maximum Gasteiger partial charge on any atom is 0.265 e. The van der Waals surface area contributed by atoms with E-state index in [4.69, 9.17) is 14.2 Å². The van der Waals surface area contributed by atoms with E-state index in [2.05, 4.69) is 10.3 Å². The summed E-state index contributed by atoms with van der Waals surface area (Å²) in [5.74, 6) is 1.36. The fourth-order valence-corrected chi connectivity index (χ4v) is 4.03. The molecular weight excluding hydrogens is 430 g/mol. The molecule has 0 unspecified atom stereocenters. The van der Waals surface area contributed by atoms with Gasteiger partial charge in [-0.05, 0) is 42.3 Å². The summed E-state index contributed by atoms with van der Waals surface area (Å²) >= 11 is 1.49. The van der Waals surface area contributed by atoms with Crippen molar-refractivity contribution in [3.8, 4) is 28.5 Å². The Balaban J connectivity index is 1.40. The smallest absolute Gasteiger partial charge is 0.265 e. The number of anilines is 1. The molecule has 0 bridgehead atoms. The molecule has 0 saturated heterocycles. The molecule has 1 N–H and O–H groups in total. The van der Waals surface area contributed by atoms with Gasteiger partial charge in [0, 0.05) is 17.5 Å². The molecular formula is C23H23N3O5S. The molecule has 9 heteroatoms. The Morgan fingerprint density at radius 2 is 2.03 bits per heavy atom. The van der Waals surface area contributed by atoms with Gasteiger partial charge < -0.3 is 19.5 Å². The van der Waals surface area contributed by atoms with E-state index >= 15 is 0 Å². The van der Waals surface area contributed by atoms with Gasteiger partial charge >= 0.3 is 0 Å². The van der Waals surface area contributed by atoms with Crippen molar-refractivity contribution in [2.24, 2.45) is 0 Å². The van der Waals surface area contributed by atoms with Gasteiger partial charge in [0.05, 0.1) is 31.1 Å². The van der Waals surface area contributed by atoms with Crippen molar-refractivity contribution in [1.29, 1.82) is 0 Å². The molecule has 8 nitrogen and oxygen atoms in total. The third-order valence-corrected chi connectivity index (χ3v) is 5.70. The summed E-state index contributed by atoms with van der Waals surface area (Å²) in [5.41, 5.74) is 5.00. The van der Waals surface area contributed by atoms with Gasteiger partial charge in [-0.15, -0.1) is 11.3 Å². The van der Waals surface area contributed by atoms with Crippen LogP contribution in [-0.2, 0) is 16.0 Å². The third kappa shape index (κ3) is 4.67.